The SMILES string of the molecule is CCC(C)CC(=O)OCc1ccccc1. The van der Waals surface area contributed by atoms with Gasteiger partial charge in [-0.05, 0) is 11.5 Å². The highest BCUT2D eigenvalue weighted by atomic mass is 16.5. The molecule has 1 rings (SSSR count). The van der Waals surface area contributed by atoms with Crippen molar-refractivity contribution < 1.29 is 9.53 Å². The molecule has 0 aliphatic carbocycles. The van der Waals surface area contributed by atoms with Gasteiger partial charge in [-0.2, -0.15) is 0 Å². The molecule has 0 spiro atoms. The van der Waals surface area contributed by atoms with Crippen LogP contribution in [0.5, 0.6) is 0 Å². The standard InChI is InChI=1S/C13H18O2/c1-3-11(2)9-13(14)15-10-12-7-5-4-6-8-12/h4-8,11H,3,9-10H2,1-2H3. The van der Waals surface area contributed by atoms with E-state index in [2.05, 4.69) is 13.8 Å². The summed E-state index contributed by atoms with van der Waals surface area (Å²) >= 11 is 0. The fourth-order valence-corrected chi connectivity index (χ4v) is 1.23. The highest BCUT2D eigenvalue weighted by molar-refractivity contribution is 5.69. The molecule has 0 heterocycles. The molecule has 0 saturated heterocycles. The van der Waals surface area contributed by atoms with Gasteiger partial charge in [0.25, 0.3) is 0 Å². The van der Waals surface area contributed by atoms with E-state index in [0.717, 1.165) is 12.0 Å². The van der Waals surface area contributed by atoms with Crippen LogP contribution in [0.25, 0.3) is 0 Å². The molecule has 0 aliphatic heterocycles. The first-order valence-electron chi connectivity index (χ1n) is 5.42. The average molecular weight is 206 g/mol. The lowest BCUT2D eigenvalue weighted by atomic mass is 10.1. The smallest absolute Gasteiger partial charge is 0.306 e. The third-order valence-electron chi connectivity index (χ3n) is 2.45. The summed E-state index contributed by atoms with van der Waals surface area (Å²) in [7, 11) is 0. The third-order valence-corrected chi connectivity index (χ3v) is 2.45. The van der Waals surface area contributed by atoms with Crippen LogP contribution in [0.2, 0.25) is 0 Å². The lowest BCUT2D eigenvalue weighted by Gasteiger charge is -2.08. The van der Waals surface area contributed by atoms with Crippen molar-refractivity contribution in [2.45, 2.75) is 33.3 Å². The van der Waals surface area contributed by atoms with E-state index < -0.39 is 0 Å². The number of hydrogen-bond donors (Lipinski definition) is 0. The van der Waals surface area contributed by atoms with E-state index in [1.165, 1.54) is 0 Å². The molecule has 0 fully saturated rings. The van der Waals surface area contributed by atoms with Crippen LogP contribution in [0.15, 0.2) is 30.3 Å². The Morgan fingerprint density at radius 2 is 2.00 bits per heavy atom. The van der Waals surface area contributed by atoms with Gasteiger partial charge in [0.15, 0.2) is 0 Å². The Hall–Kier alpha value is -1.31. The molecule has 0 amide bonds. The maximum absolute atomic E-state index is 11.4. The Morgan fingerprint density at radius 1 is 1.33 bits per heavy atom. The van der Waals surface area contributed by atoms with Gasteiger partial charge in [0.05, 0.1) is 0 Å². The highest BCUT2D eigenvalue weighted by Crippen LogP contribution is 2.09. The summed E-state index contributed by atoms with van der Waals surface area (Å²) in [5.74, 6) is 0.307. The van der Waals surface area contributed by atoms with Gasteiger partial charge in [0.1, 0.15) is 6.61 Å². The predicted molar refractivity (Wildman–Crippen MR) is 60.3 cm³/mol. The molecular formula is C13H18O2. The van der Waals surface area contributed by atoms with Crippen LogP contribution >= 0.6 is 0 Å². The van der Waals surface area contributed by atoms with Gasteiger partial charge < -0.3 is 4.74 Å². The second-order valence-electron chi connectivity index (χ2n) is 3.86. The largest absolute Gasteiger partial charge is 0.461 e. The lowest BCUT2D eigenvalue weighted by Crippen LogP contribution is -2.08. The Kier molecular flexibility index (Phi) is 4.88. The van der Waals surface area contributed by atoms with Crippen molar-refractivity contribution in [1.29, 1.82) is 0 Å². The number of benzene rings is 1. The van der Waals surface area contributed by atoms with Crippen LogP contribution < -0.4 is 0 Å². The number of esters is 1. The molecule has 0 saturated carbocycles. The van der Waals surface area contributed by atoms with Crippen LogP contribution in [0.3, 0.4) is 0 Å². The Bertz CT molecular complexity index is 293. The second kappa shape index (κ2) is 6.23. The fourth-order valence-electron chi connectivity index (χ4n) is 1.23. The first-order valence-corrected chi connectivity index (χ1v) is 5.42. The molecule has 1 aromatic rings. The van der Waals surface area contributed by atoms with Crippen molar-refractivity contribution >= 4 is 5.97 Å². The van der Waals surface area contributed by atoms with Gasteiger partial charge >= 0.3 is 5.97 Å². The topological polar surface area (TPSA) is 26.3 Å². The van der Waals surface area contributed by atoms with Gasteiger partial charge in [0.2, 0.25) is 0 Å². The minimum atomic E-state index is -0.104. The van der Waals surface area contributed by atoms with Crippen molar-refractivity contribution in [1.82, 2.24) is 0 Å². The molecule has 15 heavy (non-hydrogen) atoms. The van der Waals surface area contributed by atoms with Crippen molar-refractivity contribution in [3.63, 3.8) is 0 Å². The molecule has 0 radical (unpaired) electrons. The normalized spacial score (nSPS) is 12.1. The second-order valence-corrected chi connectivity index (χ2v) is 3.86. The van der Waals surface area contributed by atoms with Crippen molar-refractivity contribution in [3.05, 3.63) is 35.9 Å². The summed E-state index contributed by atoms with van der Waals surface area (Å²) in [4.78, 5) is 11.4. The molecule has 1 unspecified atom stereocenters. The molecule has 1 aromatic carbocycles. The van der Waals surface area contributed by atoms with Crippen LogP contribution in [0.1, 0.15) is 32.3 Å². The van der Waals surface area contributed by atoms with E-state index in [0.29, 0.717) is 18.9 Å². The number of hydrogen-bond acceptors (Lipinski definition) is 2. The molecule has 0 aliphatic rings. The monoisotopic (exact) mass is 206 g/mol. The summed E-state index contributed by atoms with van der Waals surface area (Å²) in [5, 5.41) is 0. The summed E-state index contributed by atoms with van der Waals surface area (Å²) in [5.41, 5.74) is 1.04. The van der Waals surface area contributed by atoms with E-state index >= 15 is 0 Å². The van der Waals surface area contributed by atoms with Crippen LogP contribution in [0, 0.1) is 5.92 Å². The Morgan fingerprint density at radius 3 is 2.60 bits per heavy atom. The zero-order chi connectivity index (χ0) is 11.1. The first kappa shape index (κ1) is 11.8. The van der Waals surface area contributed by atoms with Crippen molar-refractivity contribution in [2.24, 2.45) is 5.92 Å². The van der Waals surface area contributed by atoms with Gasteiger partial charge in [-0.3, -0.25) is 4.79 Å². The maximum atomic E-state index is 11.4. The van der Waals surface area contributed by atoms with Gasteiger partial charge in [-0.1, -0.05) is 50.6 Å². The molecule has 0 bridgehead atoms. The molecule has 0 N–H and O–H groups in total. The zero-order valence-electron chi connectivity index (χ0n) is 9.40. The number of carbonyl (C=O) groups excluding carboxylic acids is 1. The van der Waals surface area contributed by atoms with E-state index in [-0.39, 0.29) is 5.97 Å². The van der Waals surface area contributed by atoms with Gasteiger partial charge in [-0.25, -0.2) is 0 Å². The number of carbonyl (C=O) groups is 1. The third kappa shape index (κ3) is 4.63. The van der Waals surface area contributed by atoms with Crippen LogP contribution in [-0.4, -0.2) is 5.97 Å². The Balaban J connectivity index is 2.29. The molecule has 2 nitrogen and oxygen atoms in total. The Labute approximate surface area is 91.3 Å². The summed E-state index contributed by atoms with van der Waals surface area (Å²) < 4.78 is 5.16. The number of rotatable bonds is 5. The van der Waals surface area contributed by atoms with Gasteiger partial charge in [-0.15, -0.1) is 0 Å². The molecule has 82 valence electrons. The van der Waals surface area contributed by atoms with E-state index in [1.54, 1.807) is 0 Å². The fraction of sp³-hybridized carbons (Fsp3) is 0.462. The summed E-state index contributed by atoms with van der Waals surface area (Å²) in [6.07, 6.45) is 1.53. The molecule has 0 aromatic heterocycles. The summed E-state index contributed by atoms with van der Waals surface area (Å²) in [6, 6.07) is 9.74. The lowest BCUT2D eigenvalue weighted by molar-refractivity contribution is -0.146. The summed E-state index contributed by atoms with van der Waals surface area (Å²) in [6.45, 7) is 4.52. The highest BCUT2D eigenvalue weighted by Gasteiger charge is 2.08. The maximum Gasteiger partial charge on any atom is 0.306 e. The van der Waals surface area contributed by atoms with Crippen molar-refractivity contribution in [3.8, 4) is 0 Å². The first-order chi connectivity index (χ1) is 7.22. The zero-order valence-corrected chi connectivity index (χ0v) is 9.40. The minimum Gasteiger partial charge on any atom is -0.461 e. The van der Waals surface area contributed by atoms with Crippen LogP contribution in [-0.2, 0) is 16.1 Å². The van der Waals surface area contributed by atoms with Crippen molar-refractivity contribution in [2.75, 3.05) is 0 Å². The average Bonchev–Trinajstić information content (AvgIpc) is 2.27. The van der Waals surface area contributed by atoms with Crippen LogP contribution in [0.4, 0.5) is 0 Å². The molecule has 1 atom stereocenters. The van der Waals surface area contributed by atoms with E-state index in [9.17, 15) is 4.79 Å². The van der Waals surface area contributed by atoms with Gasteiger partial charge in [0, 0.05) is 6.42 Å². The van der Waals surface area contributed by atoms with E-state index in [1.807, 2.05) is 30.3 Å². The molecule has 2 heteroatoms. The quantitative estimate of drug-likeness (QED) is 0.692. The van der Waals surface area contributed by atoms with E-state index in [4.69, 9.17) is 4.74 Å². The minimum absolute atomic E-state index is 0.104. The molecular weight excluding hydrogens is 188 g/mol. The predicted octanol–water partition coefficient (Wildman–Crippen LogP) is 3.17. The number of ether oxygens (including phenoxy) is 1.